The summed E-state index contributed by atoms with van der Waals surface area (Å²) in [6.07, 6.45) is 8.54. The van der Waals surface area contributed by atoms with E-state index in [1.807, 2.05) is 0 Å². The minimum Gasteiger partial charge on any atom is -0.308 e. The third-order valence-electron chi connectivity index (χ3n) is 5.59. The van der Waals surface area contributed by atoms with E-state index in [1.54, 1.807) is 0 Å². The minimum atomic E-state index is 0.482. The van der Waals surface area contributed by atoms with Crippen LogP contribution in [0.5, 0.6) is 0 Å². The molecule has 19 heavy (non-hydrogen) atoms. The molecule has 3 fully saturated rings. The van der Waals surface area contributed by atoms with E-state index in [1.165, 1.54) is 63.1 Å². The van der Waals surface area contributed by atoms with Gasteiger partial charge in [-0.1, -0.05) is 26.7 Å². The van der Waals surface area contributed by atoms with E-state index < -0.39 is 0 Å². The largest absolute Gasteiger partial charge is 0.308 e. The number of piperazine rings is 1. The number of nitrogens with one attached hydrogen (secondary N) is 1. The highest BCUT2D eigenvalue weighted by Crippen LogP contribution is 2.36. The van der Waals surface area contributed by atoms with Crippen LogP contribution in [-0.2, 0) is 0 Å². The summed E-state index contributed by atoms with van der Waals surface area (Å²) in [6, 6.07) is 1.63. The second-order valence-electron chi connectivity index (χ2n) is 7.20. The molecule has 110 valence electrons. The number of thioether (sulfide) groups is 1. The van der Waals surface area contributed by atoms with E-state index in [4.69, 9.17) is 0 Å². The van der Waals surface area contributed by atoms with Crippen LogP contribution in [0.3, 0.4) is 0 Å². The molecular formula is C16H30N2S. The Morgan fingerprint density at radius 1 is 1.16 bits per heavy atom. The van der Waals surface area contributed by atoms with Crippen molar-refractivity contribution in [3.05, 3.63) is 0 Å². The molecule has 1 unspecified atom stereocenters. The van der Waals surface area contributed by atoms with Gasteiger partial charge in [-0.05, 0) is 43.1 Å². The van der Waals surface area contributed by atoms with Gasteiger partial charge in [0.15, 0.2) is 0 Å². The second-order valence-corrected chi connectivity index (χ2v) is 8.42. The van der Waals surface area contributed by atoms with Crippen LogP contribution in [0.1, 0.15) is 52.4 Å². The fraction of sp³-hybridized carbons (Fsp3) is 1.00. The average molecular weight is 282 g/mol. The lowest BCUT2D eigenvalue weighted by molar-refractivity contribution is 0.0189. The summed E-state index contributed by atoms with van der Waals surface area (Å²) < 4.78 is 0. The monoisotopic (exact) mass is 282 g/mol. The van der Waals surface area contributed by atoms with Gasteiger partial charge < -0.3 is 5.32 Å². The first-order valence-corrected chi connectivity index (χ1v) is 9.44. The van der Waals surface area contributed by atoms with Crippen molar-refractivity contribution < 1.29 is 0 Å². The lowest BCUT2D eigenvalue weighted by atomic mass is 9.87. The quantitative estimate of drug-likeness (QED) is 0.838. The number of nitrogens with zero attached hydrogens (tertiary/aromatic N) is 1. The molecule has 2 aliphatic heterocycles. The zero-order valence-corrected chi connectivity index (χ0v) is 13.5. The molecule has 3 heteroatoms. The van der Waals surface area contributed by atoms with Crippen LogP contribution >= 0.6 is 11.8 Å². The Morgan fingerprint density at radius 3 is 2.47 bits per heavy atom. The molecule has 2 saturated heterocycles. The first kappa shape index (κ1) is 14.2. The van der Waals surface area contributed by atoms with Gasteiger partial charge in [0.05, 0.1) is 0 Å². The highest BCUT2D eigenvalue weighted by atomic mass is 32.2. The lowest BCUT2D eigenvalue weighted by Crippen LogP contribution is -2.66. The maximum absolute atomic E-state index is 3.95. The molecule has 0 bridgehead atoms. The van der Waals surface area contributed by atoms with Crippen LogP contribution in [0.15, 0.2) is 0 Å². The number of hydrogen-bond acceptors (Lipinski definition) is 3. The SMILES string of the molecule is CC(C)C1CNC2(CCCC2)CN1C1CCSCC1. The molecule has 3 rings (SSSR count). The Morgan fingerprint density at radius 2 is 1.84 bits per heavy atom. The summed E-state index contributed by atoms with van der Waals surface area (Å²) in [7, 11) is 0. The first-order valence-electron chi connectivity index (χ1n) is 8.29. The van der Waals surface area contributed by atoms with E-state index in [-0.39, 0.29) is 0 Å². The normalized spacial score (nSPS) is 33.3. The molecule has 2 nitrogen and oxygen atoms in total. The molecular weight excluding hydrogens is 252 g/mol. The van der Waals surface area contributed by atoms with Gasteiger partial charge in [-0.15, -0.1) is 0 Å². The van der Waals surface area contributed by atoms with E-state index in [9.17, 15) is 0 Å². The van der Waals surface area contributed by atoms with Crippen molar-refractivity contribution in [2.45, 2.75) is 70.0 Å². The molecule has 0 aromatic carbocycles. The third kappa shape index (κ3) is 2.98. The Balaban J connectivity index is 1.73. The zero-order valence-electron chi connectivity index (χ0n) is 12.7. The molecule has 2 heterocycles. The van der Waals surface area contributed by atoms with Gasteiger partial charge in [-0.25, -0.2) is 0 Å². The Bertz CT molecular complexity index is 293. The molecule has 3 aliphatic rings. The maximum Gasteiger partial charge on any atom is 0.0309 e. The van der Waals surface area contributed by atoms with Crippen molar-refractivity contribution >= 4 is 11.8 Å². The summed E-state index contributed by atoms with van der Waals surface area (Å²) >= 11 is 2.15. The van der Waals surface area contributed by atoms with Crippen LogP contribution < -0.4 is 5.32 Å². The van der Waals surface area contributed by atoms with Crippen molar-refractivity contribution in [3.8, 4) is 0 Å². The fourth-order valence-corrected chi connectivity index (χ4v) is 5.46. The number of hydrogen-bond donors (Lipinski definition) is 1. The van der Waals surface area contributed by atoms with Gasteiger partial charge in [0, 0.05) is 30.7 Å². The predicted molar refractivity (Wildman–Crippen MR) is 84.9 cm³/mol. The molecule has 1 N–H and O–H groups in total. The van der Waals surface area contributed by atoms with Gasteiger partial charge >= 0.3 is 0 Å². The Hall–Kier alpha value is 0.270. The Labute approximate surface area is 123 Å². The standard InChI is InChI=1S/C16H30N2S/c1-13(2)15-11-17-16(7-3-4-8-16)12-18(15)14-5-9-19-10-6-14/h13-15,17H,3-12H2,1-2H3. The zero-order chi connectivity index (χ0) is 13.3. The second kappa shape index (κ2) is 5.95. The summed E-state index contributed by atoms with van der Waals surface area (Å²) in [4.78, 5) is 2.92. The van der Waals surface area contributed by atoms with Gasteiger partial charge in [0.2, 0.25) is 0 Å². The van der Waals surface area contributed by atoms with Gasteiger partial charge in [-0.3, -0.25) is 4.90 Å². The number of rotatable bonds is 2. The fourth-order valence-electron chi connectivity index (χ4n) is 4.38. The molecule has 0 aromatic rings. The third-order valence-corrected chi connectivity index (χ3v) is 6.64. The van der Waals surface area contributed by atoms with E-state index in [0.29, 0.717) is 5.54 Å². The summed E-state index contributed by atoms with van der Waals surface area (Å²) in [6.45, 7) is 7.36. The van der Waals surface area contributed by atoms with Crippen LogP contribution in [0.25, 0.3) is 0 Å². The average Bonchev–Trinajstić information content (AvgIpc) is 2.87. The van der Waals surface area contributed by atoms with Gasteiger partial charge in [0.1, 0.15) is 0 Å². The molecule has 0 amide bonds. The summed E-state index contributed by atoms with van der Waals surface area (Å²) in [5.41, 5.74) is 0.482. The van der Waals surface area contributed by atoms with Crippen molar-refractivity contribution in [2.24, 2.45) is 5.92 Å². The van der Waals surface area contributed by atoms with Crippen LogP contribution in [-0.4, -0.2) is 47.1 Å². The molecule has 1 spiro atoms. The summed E-state index contributed by atoms with van der Waals surface area (Å²) in [5.74, 6) is 3.54. The van der Waals surface area contributed by atoms with Crippen LogP contribution in [0.4, 0.5) is 0 Å². The predicted octanol–water partition coefficient (Wildman–Crippen LogP) is 3.12. The Kier molecular flexibility index (Phi) is 4.45. The van der Waals surface area contributed by atoms with Gasteiger partial charge in [-0.2, -0.15) is 11.8 Å². The minimum absolute atomic E-state index is 0.482. The molecule has 0 radical (unpaired) electrons. The van der Waals surface area contributed by atoms with Crippen molar-refractivity contribution in [2.75, 3.05) is 24.6 Å². The van der Waals surface area contributed by atoms with Crippen molar-refractivity contribution in [1.29, 1.82) is 0 Å². The maximum atomic E-state index is 3.95. The highest BCUT2D eigenvalue weighted by Gasteiger charge is 2.43. The first-order chi connectivity index (χ1) is 9.20. The molecule has 1 saturated carbocycles. The van der Waals surface area contributed by atoms with Crippen molar-refractivity contribution in [1.82, 2.24) is 10.2 Å². The summed E-state index contributed by atoms with van der Waals surface area (Å²) in [5, 5.41) is 3.95. The van der Waals surface area contributed by atoms with E-state index >= 15 is 0 Å². The molecule has 1 aliphatic carbocycles. The molecule has 0 aromatic heterocycles. The van der Waals surface area contributed by atoms with Crippen LogP contribution in [0.2, 0.25) is 0 Å². The topological polar surface area (TPSA) is 15.3 Å². The smallest absolute Gasteiger partial charge is 0.0309 e. The van der Waals surface area contributed by atoms with Gasteiger partial charge in [0.25, 0.3) is 0 Å². The highest BCUT2D eigenvalue weighted by molar-refractivity contribution is 7.99. The van der Waals surface area contributed by atoms with Crippen LogP contribution in [0, 0.1) is 5.92 Å². The van der Waals surface area contributed by atoms with Crippen molar-refractivity contribution in [3.63, 3.8) is 0 Å². The van der Waals surface area contributed by atoms with E-state index in [2.05, 4.69) is 35.8 Å². The van der Waals surface area contributed by atoms with E-state index in [0.717, 1.165) is 18.0 Å². The lowest BCUT2D eigenvalue weighted by Gasteiger charge is -2.51. The molecule has 1 atom stereocenters.